The molecule has 3 heterocycles. The van der Waals surface area contributed by atoms with Gasteiger partial charge in [0.1, 0.15) is 0 Å². The fraction of sp³-hybridized carbons (Fsp3) is 0.462. The Bertz CT molecular complexity index is 616. The van der Waals surface area contributed by atoms with Crippen LogP contribution in [0.5, 0.6) is 0 Å². The molecule has 2 aromatic rings. The van der Waals surface area contributed by atoms with E-state index in [1.54, 1.807) is 0 Å². The maximum absolute atomic E-state index is 12.4. The summed E-state index contributed by atoms with van der Waals surface area (Å²) in [6, 6.07) is 5.77. The van der Waals surface area contributed by atoms with Crippen LogP contribution < -0.4 is 25.0 Å². The van der Waals surface area contributed by atoms with E-state index in [0.29, 0.717) is 4.05 Å². The summed E-state index contributed by atoms with van der Waals surface area (Å²) in [5.41, 5.74) is 1.88. The molecule has 3 rings (SSSR count). The summed E-state index contributed by atoms with van der Waals surface area (Å²) in [7, 11) is 0. The fourth-order valence-corrected chi connectivity index (χ4v) is 5.28. The van der Waals surface area contributed by atoms with Gasteiger partial charge >= 0.3 is 136 Å². The van der Waals surface area contributed by atoms with Crippen LogP contribution in [0.15, 0.2) is 22.6 Å². The first-order valence-electron chi connectivity index (χ1n) is 5.93. The predicted molar refractivity (Wildman–Crippen MR) is 75.9 cm³/mol. The zero-order chi connectivity index (χ0) is 13.8. The molecule has 0 saturated carbocycles. The quantitative estimate of drug-likeness (QED) is 0.162. The van der Waals surface area contributed by atoms with Gasteiger partial charge in [0, 0.05) is 0 Å². The average molecular weight is 486 g/mol. The molecular weight excluding hydrogens is 472 g/mol. The van der Waals surface area contributed by atoms with Gasteiger partial charge in [0.15, 0.2) is 0 Å². The van der Waals surface area contributed by atoms with Gasteiger partial charge in [-0.2, -0.15) is 0 Å². The maximum atomic E-state index is 12.4. The van der Waals surface area contributed by atoms with Crippen LogP contribution in [0.1, 0.15) is 26.3 Å². The molecule has 2 bridgehead atoms. The minimum absolute atomic E-state index is 0.0264. The van der Waals surface area contributed by atoms with Crippen molar-refractivity contribution >= 4 is 39.7 Å². The van der Waals surface area contributed by atoms with E-state index in [2.05, 4.69) is 26.1 Å². The molecule has 0 radical (unpaired) electrons. The first-order chi connectivity index (χ1) is 8.80. The molecule has 2 atom stereocenters. The Balaban J connectivity index is 1.81. The van der Waals surface area contributed by atoms with Crippen LogP contribution in [-0.4, -0.2) is 13.4 Å². The number of halogens is 2. The van der Waals surface area contributed by atoms with Gasteiger partial charge < -0.3 is 0 Å². The second kappa shape index (κ2) is 4.45. The van der Waals surface area contributed by atoms with Crippen LogP contribution in [0.2, 0.25) is 0 Å². The first-order valence-corrected chi connectivity index (χ1v) is 9.34. The molecular formula is C13H14I2NO3-. The first kappa shape index (κ1) is 13.9. The van der Waals surface area contributed by atoms with Gasteiger partial charge in [-0.25, -0.2) is 0 Å². The third-order valence-electron chi connectivity index (χ3n) is 3.27. The Morgan fingerprint density at radius 3 is 2.63 bits per heavy atom. The number of nitrogens with one attached hydrogen (secondary N) is 1. The van der Waals surface area contributed by atoms with Crippen LogP contribution >= 0.6 is 22.6 Å². The van der Waals surface area contributed by atoms with Gasteiger partial charge in [-0.15, -0.1) is 0 Å². The summed E-state index contributed by atoms with van der Waals surface area (Å²) in [6.07, 6.45) is 0. The van der Waals surface area contributed by atoms with E-state index in [9.17, 15) is 4.79 Å². The number of alkyl halides is 2. The van der Waals surface area contributed by atoms with Crippen LogP contribution in [0.25, 0.3) is 11.2 Å². The molecule has 1 saturated heterocycles. The van der Waals surface area contributed by atoms with Gasteiger partial charge in [0.05, 0.1) is 0 Å². The molecule has 0 aromatic carbocycles. The molecule has 1 aliphatic rings. The molecule has 2 aromatic heterocycles. The van der Waals surface area contributed by atoms with E-state index in [0.717, 1.165) is 16.7 Å². The number of benzene rings is 1. The van der Waals surface area contributed by atoms with Crippen molar-refractivity contribution in [2.24, 2.45) is 0 Å². The number of ether oxygens (including phenoxy) is 1. The third kappa shape index (κ3) is 2.46. The van der Waals surface area contributed by atoms with E-state index in [4.69, 9.17) is 9.15 Å². The Kier molecular flexibility index (Phi) is 3.25. The molecule has 19 heavy (non-hydrogen) atoms. The van der Waals surface area contributed by atoms with Crippen molar-refractivity contribution in [3.63, 3.8) is 0 Å². The summed E-state index contributed by atoms with van der Waals surface area (Å²) in [5, 5.41) is 0. The number of rotatable bonds is 4. The Morgan fingerprint density at radius 2 is 2.16 bits per heavy atom. The second-order valence-corrected chi connectivity index (χ2v) is 10.0. The van der Waals surface area contributed by atoms with Crippen LogP contribution in [0, 0.1) is 0 Å². The zero-order valence-electron chi connectivity index (χ0n) is 10.8. The van der Waals surface area contributed by atoms with Crippen molar-refractivity contribution in [3.8, 4) is 0 Å². The number of hydrogen-bond acceptors (Lipinski definition) is 4. The summed E-state index contributed by atoms with van der Waals surface area (Å²) >= 11 is 2.17. The number of furan rings is 2. The van der Waals surface area contributed by atoms with Crippen molar-refractivity contribution < 1.29 is 35.4 Å². The van der Waals surface area contributed by atoms with E-state index >= 15 is 0 Å². The predicted octanol–water partition coefficient (Wildman–Crippen LogP) is -0.224. The SMILES string of the molecule is CC(C)(OC(=O)C(C)(I)C1N[I-]1)c1cc2ccc1o2. The molecule has 2 unspecified atom stereocenters. The molecule has 1 fully saturated rings. The van der Waals surface area contributed by atoms with Crippen LogP contribution in [0.4, 0.5) is 0 Å². The summed E-state index contributed by atoms with van der Waals surface area (Å²) in [5.74, 6) is -0.161. The van der Waals surface area contributed by atoms with E-state index in [1.165, 1.54) is 0 Å². The number of carbonyl (C=O) groups excluding carboxylic acids is 1. The van der Waals surface area contributed by atoms with Crippen molar-refractivity contribution in [2.45, 2.75) is 33.8 Å². The topological polar surface area (TPSA) is 61.4 Å². The van der Waals surface area contributed by atoms with E-state index in [1.807, 2.05) is 39.0 Å². The molecule has 0 amide bonds. The summed E-state index contributed by atoms with van der Waals surface area (Å²) < 4.78 is 14.4. The van der Waals surface area contributed by atoms with Gasteiger partial charge in [-0.3, -0.25) is 0 Å². The summed E-state index contributed by atoms with van der Waals surface area (Å²) in [6.45, 7) is 5.75. The molecule has 0 aliphatic carbocycles. The molecule has 6 heteroatoms. The van der Waals surface area contributed by atoms with Gasteiger partial charge in [-0.05, 0) is 0 Å². The zero-order valence-corrected chi connectivity index (χ0v) is 15.1. The fourth-order valence-electron chi connectivity index (χ4n) is 1.99. The molecule has 1 N–H and O–H groups in total. The Hall–Kier alpha value is -0.0900. The van der Waals surface area contributed by atoms with E-state index in [-0.39, 0.29) is 27.4 Å². The molecule has 4 nitrogen and oxygen atoms in total. The normalized spacial score (nSPS) is 22.8. The Morgan fingerprint density at radius 1 is 1.47 bits per heavy atom. The second-order valence-electron chi connectivity index (χ2n) is 5.32. The standard InChI is InChI=1S/C13H14I2NO3/c1-12(2,8-6-7-4-5-9(8)18-7)19-11(17)13(3,14)10-15-16-10/h4-6,10,16H,1-3H3/q-1. The van der Waals surface area contributed by atoms with Gasteiger partial charge in [0.2, 0.25) is 0 Å². The average Bonchev–Trinajstić information content (AvgIpc) is 2.98. The van der Waals surface area contributed by atoms with Crippen molar-refractivity contribution in [1.82, 2.24) is 3.53 Å². The van der Waals surface area contributed by atoms with Crippen molar-refractivity contribution in [3.05, 3.63) is 23.8 Å². The molecule has 0 spiro atoms. The van der Waals surface area contributed by atoms with Gasteiger partial charge in [0.25, 0.3) is 0 Å². The minimum atomic E-state index is -0.668. The van der Waals surface area contributed by atoms with Crippen molar-refractivity contribution in [1.29, 1.82) is 0 Å². The van der Waals surface area contributed by atoms with E-state index < -0.39 is 9.02 Å². The van der Waals surface area contributed by atoms with Crippen LogP contribution in [0.3, 0.4) is 0 Å². The number of esters is 1. The number of fused-ring (bicyclic) bond motifs is 2. The Labute approximate surface area is 135 Å². The van der Waals surface area contributed by atoms with Crippen LogP contribution in [-0.2, 0) is 15.1 Å². The number of carbonyl (C=O) groups is 1. The summed E-state index contributed by atoms with van der Waals surface area (Å²) in [4.78, 5) is 12.4. The molecule has 104 valence electrons. The van der Waals surface area contributed by atoms with Crippen molar-refractivity contribution in [2.75, 3.05) is 0 Å². The monoisotopic (exact) mass is 486 g/mol. The third-order valence-corrected chi connectivity index (χ3v) is 8.01. The van der Waals surface area contributed by atoms with Gasteiger partial charge in [-0.1, -0.05) is 0 Å². The molecule has 1 aliphatic heterocycles. The number of hydrogen-bond donors (Lipinski definition) is 1.